The van der Waals surface area contributed by atoms with E-state index in [9.17, 15) is 4.79 Å². The van der Waals surface area contributed by atoms with Crippen molar-refractivity contribution in [2.75, 3.05) is 39.3 Å². The quantitative estimate of drug-likeness (QED) is 0.790. The normalized spacial score (nSPS) is 26.1. The lowest BCUT2D eigenvalue weighted by Gasteiger charge is -2.37. The minimum Gasteiger partial charge on any atom is -0.350 e. The lowest BCUT2D eigenvalue weighted by Crippen LogP contribution is -2.54. The number of benzene rings is 2. The lowest BCUT2D eigenvalue weighted by molar-refractivity contribution is 0.0879. The second-order valence-corrected chi connectivity index (χ2v) is 7.76. The molecule has 1 aliphatic carbocycles. The molecule has 0 saturated carbocycles. The van der Waals surface area contributed by atoms with E-state index in [2.05, 4.69) is 51.5 Å². The number of fused-ring (bicyclic) bond motifs is 7. The van der Waals surface area contributed by atoms with Crippen molar-refractivity contribution >= 4 is 5.91 Å². The summed E-state index contributed by atoms with van der Waals surface area (Å²) in [6.07, 6.45) is 2.17. The molecule has 3 aliphatic heterocycles. The van der Waals surface area contributed by atoms with Crippen molar-refractivity contribution in [3.05, 3.63) is 59.2 Å². The van der Waals surface area contributed by atoms with E-state index in [1.54, 1.807) is 0 Å². The Hall–Kier alpha value is -2.17. The first-order chi connectivity index (χ1) is 12.8. The van der Waals surface area contributed by atoms with Crippen LogP contribution in [0.5, 0.6) is 0 Å². The van der Waals surface area contributed by atoms with Crippen LogP contribution in [0, 0.1) is 0 Å². The van der Waals surface area contributed by atoms with Crippen molar-refractivity contribution in [2.24, 2.45) is 0 Å². The third kappa shape index (κ3) is 2.83. The first kappa shape index (κ1) is 16.0. The van der Waals surface area contributed by atoms with Gasteiger partial charge in [0.1, 0.15) is 0 Å². The standard InChI is InChI=1S/C22H25N3O/c26-22(23-14-19-15-24-8-3-9-25(19)11-10-24)17-6-7-21-18(13-17)12-16-4-1-2-5-20(16)21/h1-2,4-7,13,19H,3,8-12,14-15H2,(H,23,26). The highest BCUT2D eigenvalue weighted by molar-refractivity contribution is 5.95. The molecule has 3 unspecified atom stereocenters. The average Bonchev–Trinajstić information content (AvgIpc) is 2.80. The van der Waals surface area contributed by atoms with Gasteiger partial charge < -0.3 is 10.2 Å². The van der Waals surface area contributed by atoms with Crippen molar-refractivity contribution in [1.82, 2.24) is 15.1 Å². The number of rotatable bonds is 3. The van der Waals surface area contributed by atoms with Crippen LogP contribution in [0.2, 0.25) is 0 Å². The molecule has 2 aromatic carbocycles. The predicted octanol–water partition coefficient (Wildman–Crippen LogP) is 2.38. The summed E-state index contributed by atoms with van der Waals surface area (Å²) in [6, 6.07) is 15.1. The van der Waals surface area contributed by atoms with Gasteiger partial charge in [-0.25, -0.2) is 0 Å². The zero-order valence-corrected chi connectivity index (χ0v) is 15.1. The molecule has 3 heterocycles. The molecule has 3 saturated heterocycles. The summed E-state index contributed by atoms with van der Waals surface area (Å²) in [7, 11) is 0. The molecule has 3 atom stereocenters. The fourth-order valence-electron chi connectivity index (χ4n) is 4.74. The Morgan fingerprint density at radius 1 is 1.00 bits per heavy atom. The molecule has 3 fully saturated rings. The first-order valence-corrected chi connectivity index (χ1v) is 9.74. The molecule has 6 rings (SSSR count). The first-order valence-electron chi connectivity index (χ1n) is 9.74. The lowest BCUT2D eigenvalue weighted by atomic mass is 10.0. The minimum atomic E-state index is 0.0556. The summed E-state index contributed by atoms with van der Waals surface area (Å²) in [5.41, 5.74) is 5.99. The van der Waals surface area contributed by atoms with E-state index in [1.165, 1.54) is 41.8 Å². The van der Waals surface area contributed by atoms with Gasteiger partial charge in [-0.15, -0.1) is 0 Å². The zero-order chi connectivity index (χ0) is 17.5. The van der Waals surface area contributed by atoms with E-state index in [1.807, 2.05) is 6.07 Å². The smallest absolute Gasteiger partial charge is 0.251 e. The van der Waals surface area contributed by atoms with Crippen LogP contribution in [0.3, 0.4) is 0 Å². The van der Waals surface area contributed by atoms with Crippen molar-refractivity contribution < 1.29 is 4.79 Å². The molecule has 4 heteroatoms. The maximum Gasteiger partial charge on any atom is 0.251 e. The Bertz CT molecular complexity index is 843. The molecule has 1 N–H and O–H groups in total. The Labute approximate surface area is 154 Å². The summed E-state index contributed by atoms with van der Waals surface area (Å²) < 4.78 is 0. The van der Waals surface area contributed by atoms with Gasteiger partial charge in [-0.3, -0.25) is 9.69 Å². The van der Waals surface area contributed by atoms with Gasteiger partial charge in [0.2, 0.25) is 0 Å². The van der Waals surface area contributed by atoms with Gasteiger partial charge in [-0.05, 0) is 60.3 Å². The fraction of sp³-hybridized carbons (Fsp3) is 0.409. The molecule has 0 radical (unpaired) electrons. The minimum absolute atomic E-state index is 0.0556. The highest BCUT2D eigenvalue weighted by Gasteiger charge is 2.29. The summed E-state index contributed by atoms with van der Waals surface area (Å²) in [5, 5.41) is 3.19. The molecule has 4 nitrogen and oxygen atoms in total. The Morgan fingerprint density at radius 2 is 1.88 bits per heavy atom. The Kier molecular flexibility index (Phi) is 4.03. The van der Waals surface area contributed by atoms with Crippen molar-refractivity contribution in [1.29, 1.82) is 0 Å². The number of nitrogens with zero attached hydrogens (tertiary/aromatic N) is 2. The molecule has 26 heavy (non-hydrogen) atoms. The molecule has 134 valence electrons. The number of carbonyl (C=O) groups excluding carboxylic acids is 1. The molecule has 1 amide bonds. The van der Waals surface area contributed by atoms with Crippen LogP contribution in [0.1, 0.15) is 27.9 Å². The van der Waals surface area contributed by atoms with Gasteiger partial charge in [0.25, 0.3) is 5.91 Å². The van der Waals surface area contributed by atoms with Gasteiger partial charge in [0.05, 0.1) is 0 Å². The van der Waals surface area contributed by atoms with Crippen LogP contribution in [-0.4, -0.2) is 61.0 Å². The molecular formula is C22H25N3O. The van der Waals surface area contributed by atoms with E-state index < -0.39 is 0 Å². The van der Waals surface area contributed by atoms with Crippen LogP contribution in [0.4, 0.5) is 0 Å². The summed E-state index contributed by atoms with van der Waals surface area (Å²) >= 11 is 0. The van der Waals surface area contributed by atoms with Crippen molar-refractivity contribution in [3.63, 3.8) is 0 Å². The maximum atomic E-state index is 12.7. The number of amides is 1. The topological polar surface area (TPSA) is 35.6 Å². The van der Waals surface area contributed by atoms with Crippen molar-refractivity contribution in [2.45, 2.75) is 18.9 Å². The van der Waals surface area contributed by atoms with Gasteiger partial charge >= 0.3 is 0 Å². The molecule has 0 spiro atoms. The number of hydrogen-bond acceptors (Lipinski definition) is 3. The second-order valence-electron chi connectivity index (χ2n) is 7.76. The van der Waals surface area contributed by atoms with Gasteiger partial charge in [0.15, 0.2) is 0 Å². The second kappa shape index (κ2) is 6.53. The van der Waals surface area contributed by atoms with Gasteiger partial charge in [-0.2, -0.15) is 0 Å². The zero-order valence-electron chi connectivity index (χ0n) is 15.1. The average molecular weight is 347 g/mol. The van der Waals surface area contributed by atoms with Gasteiger partial charge in [0, 0.05) is 37.8 Å². The maximum absolute atomic E-state index is 12.7. The molecule has 2 aromatic rings. The van der Waals surface area contributed by atoms with Crippen molar-refractivity contribution in [3.8, 4) is 11.1 Å². The SMILES string of the molecule is O=C(NCC1CN2CCCN1CC2)c1ccc2c(c1)Cc1ccccc1-2. The monoisotopic (exact) mass is 347 g/mol. The Morgan fingerprint density at radius 3 is 2.85 bits per heavy atom. The van der Waals surface area contributed by atoms with Crippen LogP contribution in [0.15, 0.2) is 42.5 Å². The summed E-state index contributed by atoms with van der Waals surface area (Å²) in [6.45, 7) is 6.50. The molecule has 4 aliphatic rings. The van der Waals surface area contributed by atoms with Crippen LogP contribution in [0.25, 0.3) is 11.1 Å². The van der Waals surface area contributed by atoms with E-state index in [-0.39, 0.29) is 5.91 Å². The third-order valence-corrected chi connectivity index (χ3v) is 6.16. The van der Waals surface area contributed by atoms with E-state index >= 15 is 0 Å². The highest BCUT2D eigenvalue weighted by atomic mass is 16.1. The van der Waals surface area contributed by atoms with Crippen LogP contribution in [-0.2, 0) is 6.42 Å². The van der Waals surface area contributed by atoms with E-state index in [0.29, 0.717) is 6.04 Å². The third-order valence-electron chi connectivity index (χ3n) is 6.16. The predicted molar refractivity (Wildman–Crippen MR) is 103 cm³/mol. The number of nitrogens with one attached hydrogen (secondary N) is 1. The molecule has 2 bridgehead atoms. The number of carbonyl (C=O) groups is 1. The molecular weight excluding hydrogens is 322 g/mol. The van der Waals surface area contributed by atoms with Gasteiger partial charge in [-0.1, -0.05) is 30.3 Å². The largest absolute Gasteiger partial charge is 0.350 e. The number of piperazine rings is 1. The summed E-state index contributed by atoms with van der Waals surface area (Å²) in [4.78, 5) is 17.8. The Balaban J connectivity index is 1.28. The van der Waals surface area contributed by atoms with E-state index in [4.69, 9.17) is 0 Å². The van der Waals surface area contributed by atoms with Crippen LogP contribution < -0.4 is 5.32 Å². The fourth-order valence-corrected chi connectivity index (χ4v) is 4.74. The molecule has 0 aromatic heterocycles. The number of hydrogen-bond donors (Lipinski definition) is 1. The van der Waals surface area contributed by atoms with E-state index in [0.717, 1.165) is 38.2 Å². The van der Waals surface area contributed by atoms with Crippen LogP contribution >= 0.6 is 0 Å². The highest BCUT2D eigenvalue weighted by Crippen LogP contribution is 2.36. The summed E-state index contributed by atoms with van der Waals surface area (Å²) in [5.74, 6) is 0.0556.